The molecule has 2 rings (SSSR count). The maximum Gasteiger partial charge on any atom is 0.336 e. The topological polar surface area (TPSA) is 64.6 Å². The molecule has 0 saturated carbocycles. The predicted octanol–water partition coefficient (Wildman–Crippen LogP) is 11.6. The highest BCUT2D eigenvalue weighted by molar-refractivity contribution is 9.09. The molecule has 1 heterocycles. The fraction of sp³-hybridized carbons (Fsp3) is 0.692. The lowest BCUT2D eigenvalue weighted by Gasteiger charge is -2.31. The van der Waals surface area contributed by atoms with Crippen LogP contribution < -0.4 is 5.32 Å². The van der Waals surface area contributed by atoms with E-state index in [1.165, 1.54) is 103 Å². The Labute approximate surface area is 297 Å². The van der Waals surface area contributed by atoms with Gasteiger partial charge in [0.15, 0.2) is 0 Å². The molecule has 5 nitrogen and oxygen atoms in total. The normalized spacial score (nSPS) is 13.7. The molecule has 0 atom stereocenters. The van der Waals surface area contributed by atoms with Crippen LogP contribution in [0.2, 0.25) is 0 Å². The number of nitrogens with one attached hydrogen (secondary N) is 1. The highest BCUT2D eigenvalue weighted by Gasteiger charge is 2.39. The molecule has 0 spiro atoms. The second-order valence-electron chi connectivity index (χ2n) is 12.7. The number of dihydropyridines is 1. The Hall–Kier alpha value is -1.60. The van der Waals surface area contributed by atoms with Crippen LogP contribution >= 0.6 is 31.9 Å². The number of esters is 2. The van der Waals surface area contributed by atoms with Crippen LogP contribution in [0.25, 0.3) is 0 Å². The number of halogens is 2. The van der Waals surface area contributed by atoms with Gasteiger partial charge in [-0.1, -0.05) is 192 Å². The second kappa shape index (κ2) is 26.4. The smallest absolute Gasteiger partial charge is 0.336 e. The lowest BCUT2D eigenvalue weighted by Crippen LogP contribution is -2.35. The van der Waals surface area contributed by atoms with E-state index in [9.17, 15) is 9.59 Å². The van der Waals surface area contributed by atoms with Crippen LogP contribution in [-0.2, 0) is 19.1 Å². The van der Waals surface area contributed by atoms with Crippen molar-refractivity contribution in [2.45, 2.75) is 148 Å². The zero-order valence-electron chi connectivity index (χ0n) is 28.8. The number of alkyl halides is 2. The summed E-state index contributed by atoms with van der Waals surface area (Å²) in [5, 5.41) is 4.25. The minimum Gasteiger partial charge on any atom is -0.462 e. The summed E-state index contributed by atoms with van der Waals surface area (Å²) >= 11 is 7.16. The highest BCUT2D eigenvalue weighted by Crippen LogP contribution is 2.40. The van der Waals surface area contributed by atoms with Gasteiger partial charge in [0.05, 0.1) is 30.3 Å². The van der Waals surface area contributed by atoms with Crippen LogP contribution in [0.4, 0.5) is 0 Å². The van der Waals surface area contributed by atoms with E-state index in [2.05, 4.69) is 51.0 Å². The van der Waals surface area contributed by atoms with Gasteiger partial charge >= 0.3 is 11.9 Å². The number of rotatable bonds is 27. The molecule has 1 aromatic rings. The monoisotopic (exact) mass is 765 g/mol. The summed E-state index contributed by atoms with van der Waals surface area (Å²) in [4.78, 5) is 27.4. The molecule has 46 heavy (non-hydrogen) atoms. The van der Waals surface area contributed by atoms with Gasteiger partial charge < -0.3 is 14.8 Å². The van der Waals surface area contributed by atoms with Crippen molar-refractivity contribution in [2.24, 2.45) is 0 Å². The van der Waals surface area contributed by atoms with Gasteiger partial charge in [0.2, 0.25) is 0 Å². The van der Waals surface area contributed by atoms with E-state index in [-0.39, 0.29) is 11.9 Å². The summed E-state index contributed by atoms with van der Waals surface area (Å²) < 4.78 is 11.7. The van der Waals surface area contributed by atoms with Gasteiger partial charge in [-0.15, -0.1) is 0 Å². The first-order valence-corrected chi connectivity index (χ1v) is 20.6. The molecule has 0 aliphatic carbocycles. The molecular weight excluding hydrogens is 706 g/mol. The number of unbranched alkanes of at least 4 members (excludes halogenated alkanes) is 18. The van der Waals surface area contributed by atoms with E-state index in [0.717, 1.165) is 42.6 Å². The standard InChI is InChI=1S/C39H61Br2NO4/c1-3-5-7-9-11-13-15-17-19-24-28-45-38(43)36-33(30-40)42-34(31-41)37(35(36)32-26-22-21-23-27-32)39(44)46-29-25-20-18-16-14-12-10-8-6-4-2/h21-23,26-27,35,42H,3-20,24-25,28-31H2,1-2H3. The number of hydrogen-bond donors (Lipinski definition) is 1. The molecule has 1 aliphatic heterocycles. The third-order valence-corrected chi connectivity index (χ3v) is 9.95. The summed E-state index contributed by atoms with van der Waals surface area (Å²) in [5.41, 5.74) is 3.28. The Bertz CT molecular complexity index is 978. The number of allylic oxidation sites excluding steroid dienone is 2. The Morgan fingerprint density at radius 3 is 1.26 bits per heavy atom. The van der Waals surface area contributed by atoms with Gasteiger partial charge in [-0.2, -0.15) is 0 Å². The molecule has 0 aromatic heterocycles. The van der Waals surface area contributed by atoms with Crippen LogP contribution in [0.15, 0.2) is 52.9 Å². The van der Waals surface area contributed by atoms with E-state index in [4.69, 9.17) is 9.47 Å². The molecule has 260 valence electrons. The van der Waals surface area contributed by atoms with Gasteiger partial charge in [-0.05, 0) is 18.4 Å². The molecule has 0 bridgehead atoms. The van der Waals surface area contributed by atoms with Crippen molar-refractivity contribution in [2.75, 3.05) is 23.9 Å². The Morgan fingerprint density at radius 2 is 0.913 bits per heavy atom. The van der Waals surface area contributed by atoms with E-state index in [1.807, 2.05) is 30.3 Å². The minimum atomic E-state index is -0.567. The number of ether oxygens (including phenoxy) is 2. The fourth-order valence-electron chi connectivity index (χ4n) is 6.15. The van der Waals surface area contributed by atoms with Crippen molar-refractivity contribution in [3.05, 3.63) is 58.4 Å². The zero-order valence-corrected chi connectivity index (χ0v) is 32.0. The number of carbonyl (C=O) groups is 2. The fourth-order valence-corrected chi connectivity index (χ4v) is 7.03. The Kier molecular flexibility index (Phi) is 23.3. The maximum absolute atomic E-state index is 13.7. The van der Waals surface area contributed by atoms with Gasteiger partial charge in [0.25, 0.3) is 0 Å². The van der Waals surface area contributed by atoms with Gasteiger partial charge in [-0.3, -0.25) is 0 Å². The van der Waals surface area contributed by atoms with E-state index >= 15 is 0 Å². The maximum atomic E-state index is 13.7. The van der Waals surface area contributed by atoms with Crippen LogP contribution in [-0.4, -0.2) is 35.8 Å². The van der Waals surface area contributed by atoms with Crippen molar-refractivity contribution < 1.29 is 19.1 Å². The highest BCUT2D eigenvalue weighted by atomic mass is 79.9. The lowest BCUT2D eigenvalue weighted by molar-refractivity contribution is -0.140. The van der Waals surface area contributed by atoms with Crippen LogP contribution in [0, 0.1) is 0 Å². The predicted molar refractivity (Wildman–Crippen MR) is 200 cm³/mol. The molecular formula is C39H61Br2NO4. The molecule has 0 saturated heterocycles. The molecule has 1 N–H and O–H groups in total. The molecule has 0 radical (unpaired) electrons. The lowest BCUT2D eigenvalue weighted by atomic mass is 9.80. The average molecular weight is 768 g/mol. The first-order chi connectivity index (χ1) is 22.6. The summed E-state index contributed by atoms with van der Waals surface area (Å²) in [7, 11) is 0. The minimum absolute atomic E-state index is 0.375. The van der Waals surface area contributed by atoms with E-state index < -0.39 is 5.92 Å². The largest absolute Gasteiger partial charge is 0.462 e. The third kappa shape index (κ3) is 15.5. The Balaban J connectivity index is 1.96. The van der Waals surface area contributed by atoms with E-state index in [1.54, 1.807) is 0 Å². The average Bonchev–Trinajstić information content (AvgIpc) is 3.08. The third-order valence-electron chi connectivity index (χ3n) is 8.83. The van der Waals surface area contributed by atoms with Gasteiger partial charge in [0, 0.05) is 22.1 Å². The number of hydrogen-bond acceptors (Lipinski definition) is 5. The molecule has 1 aliphatic rings. The number of benzene rings is 1. The summed E-state index contributed by atoms with van der Waals surface area (Å²) in [6.07, 6.45) is 24.5. The Morgan fingerprint density at radius 1 is 0.565 bits per heavy atom. The van der Waals surface area contributed by atoms with E-state index in [0.29, 0.717) is 35.0 Å². The molecule has 7 heteroatoms. The van der Waals surface area contributed by atoms with Crippen molar-refractivity contribution >= 4 is 43.8 Å². The van der Waals surface area contributed by atoms with Crippen LogP contribution in [0.1, 0.15) is 154 Å². The number of carbonyl (C=O) groups excluding carboxylic acids is 2. The molecule has 1 aromatic carbocycles. The van der Waals surface area contributed by atoms with Crippen molar-refractivity contribution in [3.8, 4) is 0 Å². The second-order valence-corrected chi connectivity index (χ2v) is 13.8. The van der Waals surface area contributed by atoms with Crippen molar-refractivity contribution in [3.63, 3.8) is 0 Å². The van der Waals surface area contributed by atoms with Crippen molar-refractivity contribution in [1.29, 1.82) is 0 Å². The molecule has 0 unspecified atom stereocenters. The first-order valence-electron chi connectivity index (χ1n) is 18.3. The molecule has 0 amide bonds. The summed E-state index contributed by atoms with van der Waals surface area (Å²) in [5.74, 6) is -1.32. The summed E-state index contributed by atoms with van der Waals surface area (Å²) in [6, 6.07) is 9.77. The first kappa shape index (κ1) is 40.6. The van der Waals surface area contributed by atoms with Crippen LogP contribution in [0.3, 0.4) is 0 Å². The SMILES string of the molecule is CCCCCCCCCCCCOC(=O)C1=C(CBr)NC(CBr)=C(C(=O)OCCCCCCCCCCCC)C1c1ccccc1. The van der Waals surface area contributed by atoms with Gasteiger partial charge in [-0.25, -0.2) is 9.59 Å². The van der Waals surface area contributed by atoms with Gasteiger partial charge in [0.1, 0.15) is 0 Å². The zero-order chi connectivity index (χ0) is 33.2. The van der Waals surface area contributed by atoms with Crippen molar-refractivity contribution in [1.82, 2.24) is 5.32 Å². The summed E-state index contributed by atoms with van der Waals surface area (Å²) in [6.45, 7) is 5.26. The quantitative estimate of drug-likeness (QED) is 0.0549. The van der Waals surface area contributed by atoms with Crippen LogP contribution in [0.5, 0.6) is 0 Å². The molecule has 0 fully saturated rings.